The number of carbonyl (C=O) groups excluding carboxylic acids is 1. The van der Waals surface area contributed by atoms with E-state index in [-0.39, 0.29) is 10.6 Å². The molecular weight excluding hydrogens is 491 g/mol. The molecule has 192 valence electrons. The highest BCUT2D eigenvalue weighted by atomic mass is 35.5. The van der Waals surface area contributed by atoms with Crippen molar-refractivity contribution < 1.29 is 18.0 Å². The summed E-state index contributed by atoms with van der Waals surface area (Å²) in [6, 6.07) is 9.25. The number of nitrogens with one attached hydrogen (secondary N) is 1. The van der Waals surface area contributed by atoms with Gasteiger partial charge in [-0.25, -0.2) is 4.98 Å². The summed E-state index contributed by atoms with van der Waals surface area (Å²) in [4.78, 5) is 20.7. The van der Waals surface area contributed by atoms with E-state index in [2.05, 4.69) is 20.1 Å². The molecule has 2 fully saturated rings. The lowest BCUT2D eigenvalue weighted by Gasteiger charge is -2.39. The van der Waals surface area contributed by atoms with Crippen LogP contribution in [0, 0.1) is 0 Å². The fourth-order valence-corrected chi connectivity index (χ4v) is 5.65. The maximum atomic E-state index is 13.7. The first kappa shape index (κ1) is 25.0. The number of imidazole rings is 1. The fourth-order valence-electron chi connectivity index (χ4n) is 5.47. The minimum atomic E-state index is -4.51. The van der Waals surface area contributed by atoms with E-state index in [0.29, 0.717) is 0 Å². The zero-order chi connectivity index (χ0) is 25.5. The molecule has 3 aromatic rings. The van der Waals surface area contributed by atoms with Crippen molar-refractivity contribution in [2.45, 2.75) is 37.5 Å². The van der Waals surface area contributed by atoms with Crippen LogP contribution in [0.15, 0.2) is 42.7 Å². The minimum Gasteiger partial charge on any atom is -0.369 e. The van der Waals surface area contributed by atoms with Gasteiger partial charge in [0.1, 0.15) is 6.29 Å². The van der Waals surface area contributed by atoms with E-state index in [1.807, 2.05) is 18.2 Å². The standard InChI is InChI=1S/C26H29ClF3N5O/c1-18(21-5-3-19(27)13-22(21)26(28,29)30)35-17-31-23-6-4-20(14-24(23)35)34-11-9-33(10-12-34)15-25(16-36)7-2-8-32-25/h3-6,13-14,16-18,32H,2,7-12,15H2,1H3. The molecule has 0 saturated carbocycles. The number of halogens is 4. The van der Waals surface area contributed by atoms with E-state index in [1.54, 1.807) is 17.8 Å². The molecule has 2 atom stereocenters. The predicted octanol–water partition coefficient (Wildman–Crippen LogP) is 4.76. The summed E-state index contributed by atoms with van der Waals surface area (Å²) >= 11 is 5.88. The van der Waals surface area contributed by atoms with Crippen LogP contribution in [-0.2, 0) is 11.0 Å². The number of rotatable bonds is 6. The zero-order valence-electron chi connectivity index (χ0n) is 20.1. The molecular formula is C26H29ClF3N5O. The maximum absolute atomic E-state index is 13.7. The SMILES string of the molecule is CC(c1ccc(Cl)cc1C(F)(F)F)n1cnc2ccc(N3CCN(CC4(C=O)CCCN4)CC3)cc21. The summed E-state index contributed by atoms with van der Waals surface area (Å²) in [5, 5.41) is 3.42. The predicted molar refractivity (Wildman–Crippen MR) is 135 cm³/mol. The molecule has 10 heteroatoms. The number of fused-ring (bicyclic) bond motifs is 1. The van der Waals surface area contributed by atoms with Gasteiger partial charge in [0.2, 0.25) is 0 Å². The highest BCUT2D eigenvalue weighted by Crippen LogP contribution is 2.38. The molecule has 0 radical (unpaired) electrons. The monoisotopic (exact) mass is 519 g/mol. The molecule has 0 bridgehead atoms. The Kier molecular flexibility index (Phi) is 6.74. The number of anilines is 1. The quantitative estimate of drug-likeness (QED) is 0.476. The van der Waals surface area contributed by atoms with Crippen LogP contribution < -0.4 is 10.2 Å². The van der Waals surface area contributed by atoms with Gasteiger partial charge in [-0.15, -0.1) is 0 Å². The van der Waals surface area contributed by atoms with Crippen molar-refractivity contribution >= 4 is 34.6 Å². The van der Waals surface area contributed by atoms with Gasteiger partial charge in [-0.3, -0.25) is 4.90 Å². The lowest BCUT2D eigenvalue weighted by Crippen LogP contribution is -2.56. The number of carbonyl (C=O) groups is 1. The lowest BCUT2D eigenvalue weighted by atomic mass is 9.98. The third-order valence-electron chi connectivity index (χ3n) is 7.49. The number of piperazine rings is 1. The summed E-state index contributed by atoms with van der Waals surface area (Å²) in [6.07, 6.45) is 0.0451. The largest absolute Gasteiger partial charge is 0.416 e. The van der Waals surface area contributed by atoms with Gasteiger partial charge in [0.15, 0.2) is 0 Å². The Labute approximate surface area is 213 Å². The summed E-state index contributed by atoms with van der Waals surface area (Å²) in [6.45, 7) is 6.63. The third-order valence-corrected chi connectivity index (χ3v) is 7.73. The summed E-state index contributed by atoms with van der Waals surface area (Å²) in [7, 11) is 0. The van der Waals surface area contributed by atoms with Crippen LogP contribution in [0.5, 0.6) is 0 Å². The second-order valence-corrected chi connectivity index (χ2v) is 10.2. The van der Waals surface area contributed by atoms with Crippen LogP contribution in [0.25, 0.3) is 11.0 Å². The van der Waals surface area contributed by atoms with Crippen LogP contribution in [0.4, 0.5) is 18.9 Å². The molecule has 2 aromatic carbocycles. The van der Waals surface area contributed by atoms with Crippen LogP contribution >= 0.6 is 11.6 Å². The smallest absolute Gasteiger partial charge is 0.369 e. The summed E-state index contributed by atoms with van der Waals surface area (Å²) < 4.78 is 43.0. The van der Waals surface area contributed by atoms with E-state index in [4.69, 9.17) is 11.6 Å². The Balaban J connectivity index is 1.36. The number of nitrogens with zero attached hydrogens (tertiary/aromatic N) is 4. The molecule has 3 heterocycles. The molecule has 2 saturated heterocycles. The fraction of sp³-hybridized carbons (Fsp3) is 0.462. The van der Waals surface area contributed by atoms with Gasteiger partial charge in [0.05, 0.1) is 34.5 Å². The number of alkyl halides is 3. The van der Waals surface area contributed by atoms with E-state index in [1.165, 1.54) is 12.1 Å². The average Bonchev–Trinajstić information content (AvgIpc) is 3.51. The molecule has 2 aliphatic rings. The molecule has 2 unspecified atom stereocenters. The molecule has 0 aliphatic carbocycles. The van der Waals surface area contributed by atoms with Gasteiger partial charge in [-0.2, -0.15) is 13.2 Å². The Hall–Kier alpha value is -2.62. The lowest BCUT2D eigenvalue weighted by molar-refractivity contribution is -0.138. The highest BCUT2D eigenvalue weighted by Gasteiger charge is 2.36. The molecule has 1 aromatic heterocycles. The second kappa shape index (κ2) is 9.68. The topological polar surface area (TPSA) is 53.4 Å². The molecule has 5 rings (SSSR count). The number of hydrogen-bond acceptors (Lipinski definition) is 5. The van der Waals surface area contributed by atoms with Crippen molar-refractivity contribution in [1.82, 2.24) is 19.8 Å². The number of hydrogen-bond donors (Lipinski definition) is 1. The zero-order valence-corrected chi connectivity index (χ0v) is 20.8. The summed E-state index contributed by atoms with van der Waals surface area (Å²) in [5.41, 5.74) is 1.50. The van der Waals surface area contributed by atoms with E-state index in [9.17, 15) is 18.0 Å². The molecule has 1 N–H and O–H groups in total. The van der Waals surface area contributed by atoms with Gasteiger partial charge in [0.25, 0.3) is 0 Å². The van der Waals surface area contributed by atoms with Crippen LogP contribution in [0.3, 0.4) is 0 Å². The van der Waals surface area contributed by atoms with E-state index in [0.717, 1.165) is 81.2 Å². The van der Waals surface area contributed by atoms with Crippen LogP contribution in [0.1, 0.15) is 36.9 Å². The Morgan fingerprint density at radius 2 is 1.94 bits per heavy atom. The number of benzene rings is 2. The Bertz CT molecular complexity index is 1250. The average molecular weight is 520 g/mol. The van der Waals surface area contributed by atoms with Crippen LogP contribution in [0.2, 0.25) is 5.02 Å². The number of aromatic nitrogens is 2. The first-order valence-corrected chi connectivity index (χ1v) is 12.6. The van der Waals surface area contributed by atoms with Crippen molar-refractivity contribution in [2.75, 3.05) is 44.2 Å². The van der Waals surface area contributed by atoms with Crippen LogP contribution in [-0.4, -0.2) is 65.5 Å². The minimum absolute atomic E-state index is 0.0537. The van der Waals surface area contributed by atoms with E-state index < -0.39 is 23.3 Å². The van der Waals surface area contributed by atoms with Gasteiger partial charge >= 0.3 is 6.18 Å². The van der Waals surface area contributed by atoms with Gasteiger partial charge in [-0.05, 0) is 62.2 Å². The molecule has 0 spiro atoms. The Morgan fingerprint density at radius 1 is 1.17 bits per heavy atom. The van der Waals surface area contributed by atoms with Crippen molar-refractivity contribution in [3.8, 4) is 0 Å². The third kappa shape index (κ3) is 4.84. The maximum Gasteiger partial charge on any atom is 0.416 e. The van der Waals surface area contributed by atoms with Gasteiger partial charge in [0, 0.05) is 43.4 Å². The van der Waals surface area contributed by atoms with Crippen molar-refractivity contribution in [3.63, 3.8) is 0 Å². The molecule has 36 heavy (non-hydrogen) atoms. The second-order valence-electron chi connectivity index (χ2n) is 9.80. The van der Waals surface area contributed by atoms with Crippen molar-refractivity contribution in [1.29, 1.82) is 0 Å². The molecule has 0 amide bonds. The van der Waals surface area contributed by atoms with Crippen molar-refractivity contribution in [2.24, 2.45) is 0 Å². The van der Waals surface area contributed by atoms with Crippen molar-refractivity contribution in [3.05, 3.63) is 58.9 Å². The number of aldehydes is 1. The summed E-state index contributed by atoms with van der Waals surface area (Å²) in [5.74, 6) is 0. The first-order valence-electron chi connectivity index (χ1n) is 12.2. The normalized spacial score (nSPS) is 22.3. The Morgan fingerprint density at radius 3 is 2.61 bits per heavy atom. The highest BCUT2D eigenvalue weighted by molar-refractivity contribution is 6.30. The van der Waals surface area contributed by atoms with E-state index >= 15 is 0 Å². The van der Waals surface area contributed by atoms with Gasteiger partial charge < -0.3 is 19.6 Å². The molecule has 6 nitrogen and oxygen atoms in total. The first-order chi connectivity index (χ1) is 17.2. The van der Waals surface area contributed by atoms with Gasteiger partial charge in [-0.1, -0.05) is 17.7 Å². The molecule has 2 aliphatic heterocycles.